The number of unbranched alkanes of at least 4 members (excludes halogenated alkanes) is 1. The van der Waals surface area contributed by atoms with Gasteiger partial charge >= 0.3 is 0 Å². The number of methoxy groups -OCH3 is 1. The van der Waals surface area contributed by atoms with Gasteiger partial charge in [0.05, 0.1) is 25.3 Å². The lowest BCUT2D eigenvalue weighted by Gasteiger charge is -2.25. The molecule has 36 heavy (non-hydrogen) atoms. The van der Waals surface area contributed by atoms with Gasteiger partial charge in [0.2, 0.25) is 0 Å². The molecule has 0 radical (unpaired) electrons. The van der Waals surface area contributed by atoms with Crippen molar-refractivity contribution in [3.8, 4) is 11.5 Å². The van der Waals surface area contributed by atoms with E-state index in [1.54, 1.807) is 37.4 Å². The largest absolute Gasteiger partial charge is 0.507 e. The Kier molecular flexibility index (Phi) is 8.06. The van der Waals surface area contributed by atoms with Crippen LogP contribution in [0.5, 0.6) is 11.5 Å². The summed E-state index contributed by atoms with van der Waals surface area (Å²) in [6.45, 7) is 2.98. The number of aliphatic hydroxyl groups excluding tert-OH is 1. The number of nitrogens with zero attached hydrogens (tertiary/aromatic N) is 1. The number of rotatable bonds is 10. The maximum atomic E-state index is 13.3. The summed E-state index contributed by atoms with van der Waals surface area (Å²) in [5, 5.41) is 11.4. The Morgan fingerprint density at radius 2 is 1.69 bits per heavy atom. The molecule has 6 nitrogen and oxygen atoms in total. The molecule has 1 fully saturated rings. The molecule has 0 aromatic heterocycles. The van der Waals surface area contributed by atoms with Crippen LogP contribution in [-0.4, -0.2) is 42.0 Å². The van der Waals surface area contributed by atoms with Crippen LogP contribution in [-0.2, 0) is 16.0 Å². The molecule has 0 aliphatic carbocycles. The van der Waals surface area contributed by atoms with E-state index in [4.69, 9.17) is 9.47 Å². The monoisotopic (exact) mass is 485 g/mol. The Labute approximate surface area is 211 Å². The lowest BCUT2D eigenvalue weighted by molar-refractivity contribution is -0.139. The van der Waals surface area contributed by atoms with E-state index in [9.17, 15) is 14.7 Å². The lowest BCUT2D eigenvalue weighted by atomic mass is 9.95. The average Bonchev–Trinajstić information content (AvgIpc) is 3.17. The number of ketones is 1. The highest BCUT2D eigenvalue weighted by Gasteiger charge is 2.46. The Morgan fingerprint density at radius 1 is 0.944 bits per heavy atom. The van der Waals surface area contributed by atoms with Crippen molar-refractivity contribution < 1.29 is 24.2 Å². The smallest absolute Gasteiger partial charge is 0.295 e. The molecule has 1 heterocycles. The van der Waals surface area contributed by atoms with E-state index in [1.165, 1.54) is 4.90 Å². The van der Waals surface area contributed by atoms with E-state index in [0.717, 1.165) is 18.4 Å². The van der Waals surface area contributed by atoms with Crippen LogP contribution in [0.2, 0.25) is 0 Å². The molecule has 1 unspecified atom stereocenters. The van der Waals surface area contributed by atoms with E-state index >= 15 is 0 Å². The highest BCUT2D eigenvalue weighted by molar-refractivity contribution is 6.46. The number of carbonyl (C=O) groups is 2. The fraction of sp³-hybridized carbons (Fsp3) is 0.267. The third kappa shape index (κ3) is 5.43. The van der Waals surface area contributed by atoms with Crippen molar-refractivity contribution in [2.24, 2.45) is 0 Å². The first kappa shape index (κ1) is 25.0. The van der Waals surface area contributed by atoms with Crippen LogP contribution in [0.1, 0.15) is 42.5 Å². The summed E-state index contributed by atoms with van der Waals surface area (Å²) in [5.74, 6) is -0.345. The zero-order valence-corrected chi connectivity index (χ0v) is 20.6. The molecule has 3 aromatic rings. The van der Waals surface area contributed by atoms with Crippen LogP contribution in [0.25, 0.3) is 5.76 Å². The summed E-state index contributed by atoms with van der Waals surface area (Å²) in [5.41, 5.74) is 2.24. The predicted molar refractivity (Wildman–Crippen MR) is 139 cm³/mol. The molecular formula is C30H31NO5. The van der Waals surface area contributed by atoms with Gasteiger partial charge in [-0.15, -0.1) is 0 Å². The maximum Gasteiger partial charge on any atom is 0.295 e. The van der Waals surface area contributed by atoms with E-state index in [-0.39, 0.29) is 11.3 Å². The highest BCUT2D eigenvalue weighted by Crippen LogP contribution is 2.40. The fourth-order valence-electron chi connectivity index (χ4n) is 4.39. The second-order valence-electron chi connectivity index (χ2n) is 8.73. The van der Waals surface area contributed by atoms with Crippen molar-refractivity contribution in [2.75, 3.05) is 20.3 Å². The van der Waals surface area contributed by atoms with Crippen molar-refractivity contribution in [3.63, 3.8) is 0 Å². The average molecular weight is 486 g/mol. The first-order chi connectivity index (χ1) is 17.5. The first-order valence-electron chi connectivity index (χ1n) is 12.2. The number of benzene rings is 3. The third-order valence-electron chi connectivity index (χ3n) is 6.31. The molecule has 1 atom stereocenters. The second-order valence-corrected chi connectivity index (χ2v) is 8.73. The van der Waals surface area contributed by atoms with Crippen molar-refractivity contribution in [1.82, 2.24) is 4.90 Å². The summed E-state index contributed by atoms with van der Waals surface area (Å²) in [4.78, 5) is 28.1. The van der Waals surface area contributed by atoms with Gasteiger partial charge < -0.3 is 19.5 Å². The summed E-state index contributed by atoms with van der Waals surface area (Å²) in [7, 11) is 1.56. The summed E-state index contributed by atoms with van der Waals surface area (Å²) < 4.78 is 11.2. The number of amides is 1. The van der Waals surface area contributed by atoms with Gasteiger partial charge in [-0.25, -0.2) is 0 Å². The van der Waals surface area contributed by atoms with Gasteiger partial charge in [0.15, 0.2) is 0 Å². The highest BCUT2D eigenvalue weighted by atomic mass is 16.5. The van der Waals surface area contributed by atoms with Crippen LogP contribution in [0.3, 0.4) is 0 Å². The van der Waals surface area contributed by atoms with Gasteiger partial charge in [-0.05, 0) is 48.2 Å². The number of Topliss-reactive ketones (excluding diaryl/α,β-unsaturated/α-hetero) is 1. The number of hydrogen-bond donors (Lipinski definition) is 1. The lowest BCUT2D eigenvalue weighted by Crippen LogP contribution is -2.31. The zero-order valence-electron chi connectivity index (χ0n) is 20.6. The van der Waals surface area contributed by atoms with Gasteiger partial charge in [-0.2, -0.15) is 0 Å². The minimum Gasteiger partial charge on any atom is -0.507 e. The SMILES string of the molecule is CCCCOc1cccc(/C(O)=C2\C(=O)C(=O)N(CCc3ccccc3)C2c2cccc(OC)c2)c1. The Morgan fingerprint density at radius 3 is 2.44 bits per heavy atom. The number of likely N-dealkylation sites (tertiary alicyclic amines) is 1. The van der Waals surface area contributed by atoms with Gasteiger partial charge in [0.25, 0.3) is 11.7 Å². The number of carbonyl (C=O) groups excluding carboxylic acids is 2. The van der Waals surface area contributed by atoms with E-state index < -0.39 is 17.7 Å². The van der Waals surface area contributed by atoms with Crippen molar-refractivity contribution >= 4 is 17.4 Å². The molecule has 1 aliphatic heterocycles. The topological polar surface area (TPSA) is 76.1 Å². The van der Waals surface area contributed by atoms with Crippen molar-refractivity contribution in [3.05, 3.63) is 101 Å². The zero-order chi connectivity index (χ0) is 25.5. The minimum absolute atomic E-state index is 0.0621. The minimum atomic E-state index is -0.742. The normalized spacial score (nSPS) is 16.8. The van der Waals surface area contributed by atoms with Crippen LogP contribution in [0, 0.1) is 0 Å². The van der Waals surface area contributed by atoms with Gasteiger partial charge in [-0.3, -0.25) is 9.59 Å². The molecule has 0 spiro atoms. The van der Waals surface area contributed by atoms with Gasteiger partial charge in [0, 0.05) is 12.1 Å². The molecule has 0 saturated carbocycles. The second kappa shape index (κ2) is 11.6. The molecule has 4 rings (SSSR count). The predicted octanol–water partition coefficient (Wildman–Crippen LogP) is 5.54. The first-order valence-corrected chi connectivity index (χ1v) is 12.2. The summed E-state index contributed by atoms with van der Waals surface area (Å²) >= 11 is 0. The quantitative estimate of drug-likeness (QED) is 0.177. The molecule has 1 amide bonds. The van der Waals surface area contributed by atoms with E-state index in [0.29, 0.717) is 42.2 Å². The summed E-state index contributed by atoms with van der Waals surface area (Å²) in [6, 6.07) is 23.3. The third-order valence-corrected chi connectivity index (χ3v) is 6.31. The van der Waals surface area contributed by atoms with Crippen LogP contribution >= 0.6 is 0 Å². The molecular weight excluding hydrogens is 454 g/mol. The molecule has 1 aliphatic rings. The number of aliphatic hydroxyl groups is 1. The molecule has 3 aromatic carbocycles. The molecule has 0 bridgehead atoms. The maximum absolute atomic E-state index is 13.3. The Balaban J connectivity index is 1.75. The molecule has 1 N–H and O–H groups in total. The van der Waals surface area contributed by atoms with E-state index in [1.807, 2.05) is 48.5 Å². The van der Waals surface area contributed by atoms with E-state index in [2.05, 4.69) is 6.92 Å². The van der Waals surface area contributed by atoms with Crippen molar-refractivity contribution in [2.45, 2.75) is 32.2 Å². The van der Waals surface area contributed by atoms with Crippen molar-refractivity contribution in [1.29, 1.82) is 0 Å². The van der Waals surface area contributed by atoms with Crippen LogP contribution in [0.15, 0.2) is 84.4 Å². The fourth-order valence-corrected chi connectivity index (χ4v) is 4.39. The van der Waals surface area contributed by atoms with Crippen LogP contribution < -0.4 is 9.47 Å². The molecule has 6 heteroatoms. The van der Waals surface area contributed by atoms with Gasteiger partial charge in [-0.1, -0.05) is 67.9 Å². The molecule has 186 valence electrons. The molecule has 1 saturated heterocycles. The Hall–Kier alpha value is -4.06. The standard InChI is InChI=1S/C30H31NO5/c1-3-4-18-36-25-15-9-13-23(20-25)28(32)26-27(22-12-8-14-24(19-22)35-2)31(30(34)29(26)33)17-16-21-10-6-5-7-11-21/h5-15,19-20,27,32H,3-4,16-18H2,1-2H3/b28-26+. The van der Waals surface area contributed by atoms with Crippen LogP contribution in [0.4, 0.5) is 0 Å². The number of ether oxygens (including phenoxy) is 2. The van der Waals surface area contributed by atoms with Gasteiger partial charge in [0.1, 0.15) is 17.3 Å². The Bertz CT molecular complexity index is 1250. The number of hydrogen-bond acceptors (Lipinski definition) is 5. The summed E-state index contributed by atoms with van der Waals surface area (Å²) in [6.07, 6.45) is 2.50.